The van der Waals surface area contributed by atoms with E-state index in [0.717, 1.165) is 12.1 Å². The summed E-state index contributed by atoms with van der Waals surface area (Å²) in [4.78, 5) is 30.3. The number of rotatable bonds is 3. The Morgan fingerprint density at radius 1 is 1.04 bits per heavy atom. The van der Waals surface area contributed by atoms with Gasteiger partial charge < -0.3 is 14.5 Å². The van der Waals surface area contributed by atoms with Crippen LogP contribution in [0, 0.1) is 0 Å². The molecule has 6 heteroatoms. The van der Waals surface area contributed by atoms with Crippen molar-refractivity contribution in [2.45, 2.75) is 39.0 Å². The van der Waals surface area contributed by atoms with Gasteiger partial charge in [-0.25, -0.2) is 0 Å². The Balaban J connectivity index is 1.62. The zero-order chi connectivity index (χ0) is 18.7. The van der Waals surface area contributed by atoms with E-state index in [1.807, 2.05) is 30.0 Å². The molecule has 2 aliphatic rings. The first-order valence-electron chi connectivity index (χ1n) is 9.44. The molecule has 0 spiro atoms. The highest BCUT2D eigenvalue weighted by Gasteiger charge is 2.34. The van der Waals surface area contributed by atoms with Crippen molar-refractivity contribution in [3.63, 3.8) is 0 Å². The van der Waals surface area contributed by atoms with Crippen LogP contribution < -0.4 is 0 Å². The van der Waals surface area contributed by atoms with Crippen LogP contribution in [-0.2, 0) is 14.3 Å². The van der Waals surface area contributed by atoms with E-state index < -0.39 is 0 Å². The fraction of sp³-hybridized carbons (Fsp3) is 0.600. The topological polar surface area (TPSA) is 53.1 Å². The van der Waals surface area contributed by atoms with Gasteiger partial charge in [0.05, 0.1) is 18.2 Å². The molecule has 1 aromatic rings. The molecule has 3 unspecified atom stereocenters. The van der Waals surface area contributed by atoms with E-state index in [1.165, 1.54) is 0 Å². The lowest BCUT2D eigenvalue weighted by molar-refractivity contribution is -0.147. The highest BCUT2D eigenvalue weighted by Crippen LogP contribution is 2.26. The molecule has 2 aliphatic heterocycles. The average molecular weight is 359 g/mol. The molecule has 0 aliphatic carbocycles. The first-order chi connectivity index (χ1) is 12.5. The third-order valence-electron chi connectivity index (χ3n) is 5.40. The lowest BCUT2D eigenvalue weighted by atomic mass is 10.0. The van der Waals surface area contributed by atoms with Gasteiger partial charge in [0.25, 0.3) is 0 Å². The quantitative estimate of drug-likeness (QED) is 0.821. The second-order valence-corrected chi connectivity index (χ2v) is 7.31. The minimum atomic E-state index is -0.184. The summed E-state index contributed by atoms with van der Waals surface area (Å²) in [7, 11) is 0. The predicted molar refractivity (Wildman–Crippen MR) is 99.6 cm³/mol. The van der Waals surface area contributed by atoms with Crippen LogP contribution in [0.3, 0.4) is 0 Å². The molecule has 0 bridgehead atoms. The Hall–Kier alpha value is -1.92. The summed E-state index contributed by atoms with van der Waals surface area (Å²) in [6.07, 6.45) is 0.0727. The zero-order valence-electron chi connectivity index (χ0n) is 15.9. The van der Waals surface area contributed by atoms with Gasteiger partial charge in [-0.3, -0.25) is 14.5 Å². The number of ether oxygens (including phenoxy) is 1. The highest BCUT2D eigenvalue weighted by molar-refractivity contribution is 5.82. The molecule has 0 radical (unpaired) electrons. The zero-order valence-corrected chi connectivity index (χ0v) is 15.9. The second-order valence-electron chi connectivity index (χ2n) is 7.31. The largest absolute Gasteiger partial charge is 0.368 e. The van der Waals surface area contributed by atoms with Crippen molar-refractivity contribution in [2.75, 3.05) is 39.3 Å². The molecular weight excluding hydrogens is 330 g/mol. The molecular formula is C20H29N3O3. The highest BCUT2D eigenvalue weighted by atomic mass is 16.5. The molecule has 0 saturated carbocycles. The number of carbonyl (C=O) groups is 2. The number of hydrogen-bond acceptors (Lipinski definition) is 4. The summed E-state index contributed by atoms with van der Waals surface area (Å²) in [5.74, 6) is 0.229. The molecule has 2 amide bonds. The molecule has 0 N–H and O–H groups in total. The summed E-state index contributed by atoms with van der Waals surface area (Å²) in [5.41, 5.74) is 1.15. The lowest BCUT2D eigenvalue weighted by Crippen LogP contribution is -2.57. The number of nitrogens with zero attached hydrogens (tertiary/aromatic N) is 3. The number of hydrogen-bond donors (Lipinski definition) is 0. The van der Waals surface area contributed by atoms with Crippen LogP contribution in [-0.4, -0.2) is 77.9 Å². The Labute approximate surface area is 155 Å². The maximum absolute atomic E-state index is 13.0. The predicted octanol–water partition coefficient (Wildman–Crippen LogP) is 1.53. The van der Waals surface area contributed by atoms with Crippen molar-refractivity contribution in [1.82, 2.24) is 14.7 Å². The van der Waals surface area contributed by atoms with Crippen molar-refractivity contribution in [3.8, 4) is 0 Å². The van der Waals surface area contributed by atoms with Crippen LogP contribution in [0.25, 0.3) is 0 Å². The minimum absolute atomic E-state index is 0.00948. The minimum Gasteiger partial charge on any atom is -0.368 e. The number of piperazine rings is 1. The van der Waals surface area contributed by atoms with Gasteiger partial charge in [-0.1, -0.05) is 30.3 Å². The van der Waals surface area contributed by atoms with Gasteiger partial charge in [0.1, 0.15) is 0 Å². The Bertz CT molecular complexity index is 628. The summed E-state index contributed by atoms with van der Waals surface area (Å²) in [6.45, 7) is 9.58. The molecule has 2 fully saturated rings. The standard InChI is InChI=1S/C20H29N3O3/c1-15-13-23(14-19(26-15)18-7-5-4-6-8-18)16(2)20(25)22-11-9-21(10-12-22)17(3)24/h4-8,15-16,19H,9-14H2,1-3H3. The Kier molecular flexibility index (Phi) is 5.94. The van der Waals surface area contributed by atoms with Gasteiger partial charge in [-0.2, -0.15) is 0 Å². The van der Waals surface area contributed by atoms with E-state index in [0.29, 0.717) is 32.7 Å². The maximum atomic E-state index is 13.0. The van der Waals surface area contributed by atoms with Crippen LogP contribution >= 0.6 is 0 Å². The van der Waals surface area contributed by atoms with E-state index in [-0.39, 0.29) is 30.1 Å². The van der Waals surface area contributed by atoms with Gasteiger partial charge >= 0.3 is 0 Å². The van der Waals surface area contributed by atoms with Gasteiger partial charge in [0.2, 0.25) is 11.8 Å². The summed E-state index contributed by atoms with van der Waals surface area (Å²) in [5, 5.41) is 0. The van der Waals surface area contributed by atoms with Gasteiger partial charge in [-0.15, -0.1) is 0 Å². The SMILES string of the molecule is CC(=O)N1CCN(C(=O)C(C)N2CC(C)OC(c3ccccc3)C2)CC1. The van der Waals surface area contributed by atoms with E-state index in [1.54, 1.807) is 11.8 Å². The number of amides is 2. The lowest BCUT2D eigenvalue weighted by Gasteiger charge is -2.42. The smallest absolute Gasteiger partial charge is 0.239 e. The van der Waals surface area contributed by atoms with Gasteiger partial charge in [-0.05, 0) is 19.4 Å². The van der Waals surface area contributed by atoms with E-state index in [9.17, 15) is 9.59 Å². The molecule has 26 heavy (non-hydrogen) atoms. The molecule has 3 atom stereocenters. The number of carbonyl (C=O) groups excluding carboxylic acids is 2. The normalized spacial score (nSPS) is 25.8. The second kappa shape index (κ2) is 8.18. The first-order valence-corrected chi connectivity index (χ1v) is 9.44. The molecule has 3 rings (SSSR count). The fourth-order valence-corrected chi connectivity index (χ4v) is 3.81. The van der Waals surface area contributed by atoms with Crippen molar-refractivity contribution < 1.29 is 14.3 Å². The van der Waals surface area contributed by atoms with Crippen molar-refractivity contribution in [3.05, 3.63) is 35.9 Å². The van der Waals surface area contributed by atoms with E-state index in [4.69, 9.17) is 4.74 Å². The van der Waals surface area contributed by atoms with Crippen molar-refractivity contribution in [1.29, 1.82) is 0 Å². The van der Waals surface area contributed by atoms with Gasteiger partial charge in [0, 0.05) is 46.2 Å². The van der Waals surface area contributed by atoms with E-state index in [2.05, 4.69) is 24.0 Å². The van der Waals surface area contributed by atoms with Crippen LogP contribution in [0.5, 0.6) is 0 Å². The Morgan fingerprint density at radius 3 is 2.27 bits per heavy atom. The summed E-state index contributed by atoms with van der Waals surface area (Å²) < 4.78 is 6.11. The third kappa shape index (κ3) is 4.24. The molecule has 2 heterocycles. The Morgan fingerprint density at radius 2 is 1.65 bits per heavy atom. The van der Waals surface area contributed by atoms with Gasteiger partial charge in [0.15, 0.2) is 0 Å². The maximum Gasteiger partial charge on any atom is 0.239 e. The summed E-state index contributed by atoms with van der Waals surface area (Å²) >= 11 is 0. The van der Waals surface area contributed by atoms with Crippen molar-refractivity contribution in [2.24, 2.45) is 0 Å². The van der Waals surface area contributed by atoms with Crippen LogP contribution in [0.15, 0.2) is 30.3 Å². The molecule has 2 saturated heterocycles. The van der Waals surface area contributed by atoms with Crippen LogP contribution in [0.4, 0.5) is 0 Å². The molecule has 142 valence electrons. The summed E-state index contributed by atoms with van der Waals surface area (Å²) in [6, 6.07) is 10.0. The third-order valence-corrected chi connectivity index (χ3v) is 5.40. The van der Waals surface area contributed by atoms with Crippen molar-refractivity contribution >= 4 is 11.8 Å². The number of benzene rings is 1. The van der Waals surface area contributed by atoms with Crippen LogP contribution in [0.2, 0.25) is 0 Å². The fourth-order valence-electron chi connectivity index (χ4n) is 3.81. The molecule has 0 aromatic heterocycles. The molecule has 6 nitrogen and oxygen atoms in total. The monoisotopic (exact) mass is 359 g/mol. The average Bonchev–Trinajstić information content (AvgIpc) is 2.67. The molecule has 1 aromatic carbocycles. The number of morpholine rings is 1. The van der Waals surface area contributed by atoms with Crippen LogP contribution in [0.1, 0.15) is 32.4 Å². The van der Waals surface area contributed by atoms with E-state index >= 15 is 0 Å². The first kappa shape index (κ1) is 18.9.